The summed E-state index contributed by atoms with van der Waals surface area (Å²) in [6.45, 7) is 1.19. The summed E-state index contributed by atoms with van der Waals surface area (Å²) in [7, 11) is 0. The van der Waals surface area contributed by atoms with Crippen molar-refractivity contribution < 1.29 is 19.1 Å². The van der Waals surface area contributed by atoms with E-state index >= 15 is 0 Å². The van der Waals surface area contributed by atoms with Crippen LogP contribution >= 0.6 is 23.1 Å². The molecule has 0 saturated carbocycles. The molecular formula is C23H19N3O4S2. The van der Waals surface area contributed by atoms with E-state index in [0.29, 0.717) is 17.2 Å². The molecule has 0 aliphatic rings. The van der Waals surface area contributed by atoms with Crippen molar-refractivity contribution in [1.82, 2.24) is 9.97 Å². The quantitative estimate of drug-likeness (QED) is 0.224. The summed E-state index contributed by atoms with van der Waals surface area (Å²) in [4.78, 5) is 32.0. The highest BCUT2D eigenvalue weighted by molar-refractivity contribution is 8.00. The van der Waals surface area contributed by atoms with Gasteiger partial charge in [-0.3, -0.25) is 14.6 Å². The molecule has 0 atom stereocenters. The molecule has 0 saturated heterocycles. The van der Waals surface area contributed by atoms with Crippen molar-refractivity contribution in [1.29, 1.82) is 0 Å². The maximum atomic E-state index is 12.3. The molecule has 0 spiro atoms. The van der Waals surface area contributed by atoms with Gasteiger partial charge in [-0.25, -0.2) is 4.98 Å². The van der Waals surface area contributed by atoms with Crippen molar-refractivity contribution in [2.45, 2.75) is 17.0 Å². The highest BCUT2D eigenvalue weighted by Gasteiger charge is 2.09. The van der Waals surface area contributed by atoms with Crippen LogP contribution < -0.4 is 14.8 Å². The van der Waals surface area contributed by atoms with E-state index in [9.17, 15) is 9.59 Å². The molecule has 4 rings (SSSR count). The van der Waals surface area contributed by atoms with E-state index in [2.05, 4.69) is 15.3 Å². The molecule has 2 heterocycles. The smallest absolute Gasteiger partial charge is 0.308 e. The van der Waals surface area contributed by atoms with Gasteiger partial charge in [0.2, 0.25) is 0 Å². The van der Waals surface area contributed by atoms with Crippen LogP contribution in [0.3, 0.4) is 0 Å². The van der Waals surface area contributed by atoms with Gasteiger partial charge in [0.1, 0.15) is 11.5 Å². The summed E-state index contributed by atoms with van der Waals surface area (Å²) in [6, 6.07) is 16.1. The van der Waals surface area contributed by atoms with Crippen LogP contribution in [0, 0.1) is 0 Å². The van der Waals surface area contributed by atoms with Crippen molar-refractivity contribution in [2.75, 3.05) is 11.9 Å². The minimum Gasteiger partial charge on any atom is -0.484 e. The summed E-state index contributed by atoms with van der Waals surface area (Å²) in [5.41, 5.74) is 2.72. The fourth-order valence-electron chi connectivity index (χ4n) is 2.79. The van der Waals surface area contributed by atoms with Crippen molar-refractivity contribution in [2.24, 2.45) is 0 Å². The standard InChI is InChI=1S/C23H19N3O4S2/c1-15(27)30-19-7-5-18(6-8-19)29-13-22(28)25-17-4-9-20-21(11-17)32-23(26-20)31-14-16-3-2-10-24-12-16/h2-12H,13-14H2,1H3,(H,25,28). The van der Waals surface area contributed by atoms with Crippen molar-refractivity contribution in [3.05, 3.63) is 72.6 Å². The Kier molecular flexibility index (Phi) is 6.98. The number of benzene rings is 2. The molecule has 2 aromatic heterocycles. The van der Waals surface area contributed by atoms with Gasteiger partial charge in [0.05, 0.1) is 10.2 Å². The normalized spacial score (nSPS) is 10.7. The minimum absolute atomic E-state index is 0.139. The van der Waals surface area contributed by atoms with Gasteiger partial charge < -0.3 is 14.8 Å². The van der Waals surface area contributed by atoms with Crippen LogP contribution in [0.1, 0.15) is 12.5 Å². The molecule has 0 aliphatic carbocycles. The second kappa shape index (κ2) is 10.3. The Bertz CT molecular complexity index is 1230. The number of pyridine rings is 1. The van der Waals surface area contributed by atoms with Crippen LogP contribution in [-0.4, -0.2) is 28.5 Å². The maximum Gasteiger partial charge on any atom is 0.308 e. The monoisotopic (exact) mass is 465 g/mol. The van der Waals surface area contributed by atoms with Gasteiger partial charge in [-0.15, -0.1) is 11.3 Å². The van der Waals surface area contributed by atoms with Crippen LogP contribution in [0.15, 0.2) is 71.3 Å². The summed E-state index contributed by atoms with van der Waals surface area (Å²) >= 11 is 3.25. The van der Waals surface area contributed by atoms with Crippen LogP contribution in [-0.2, 0) is 15.3 Å². The Balaban J connectivity index is 1.31. The number of fused-ring (bicyclic) bond motifs is 1. The molecule has 0 unspecified atom stereocenters. The molecule has 0 fully saturated rings. The van der Waals surface area contributed by atoms with Gasteiger partial charge in [0, 0.05) is 30.8 Å². The number of hydrogen-bond acceptors (Lipinski definition) is 8. The number of aromatic nitrogens is 2. The van der Waals surface area contributed by atoms with E-state index in [-0.39, 0.29) is 12.5 Å². The first-order valence-electron chi connectivity index (χ1n) is 9.68. The summed E-state index contributed by atoms with van der Waals surface area (Å²) < 4.78 is 12.4. The molecule has 0 aliphatic heterocycles. The number of esters is 1. The first-order valence-corrected chi connectivity index (χ1v) is 11.5. The number of carbonyl (C=O) groups is 2. The lowest BCUT2D eigenvalue weighted by molar-refractivity contribution is -0.131. The number of anilines is 1. The first kappa shape index (κ1) is 21.8. The van der Waals surface area contributed by atoms with Gasteiger partial charge >= 0.3 is 5.97 Å². The average Bonchev–Trinajstić information content (AvgIpc) is 3.20. The van der Waals surface area contributed by atoms with Crippen molar-refractivity contribution in [3.63, 3.8) is 0 Å². The lowest BCUT2D eigenvalue weighted by Crippen LogP contribution is -2.20. The van der Waals surface area contributed by atoms with E-state index in [1.165, 1.54) is 6.92 Å². The number of nitrogens with zero attached hydrogens (tertiary/aromatic N) is 2. The third-order valence-corrected chi connectivity index (χ3v) is 6.43. The molecule has 162 valence electrons. The molecule has 2 aromatic carbocycles. The highest BCUT2D eigenvalue weighted by atomic mass is 32.2. The fraction of sp³-hybridized carbons (Fsp3) is 0.130. The van der Waals surface area contributed by atoms with Crippen LogP contribution in [0.5, 0.6) is 11.5 Å². The second-order valence-electron chi connectivity index (χ2n) is 6.71. The Morgan fingerprint density at radius 3 is 2.66 bits per heavy atom. The van der Waals surface area contributed by atoms with Gasteiger partial charge in [-0.1, -0.05) is 17.8 Å². The maximum absolute atomic E-state index is 12.3. The molecule has 7 nitrogen and oxygen atoms in total. The zero-order chi connectivity index (χ0) is 22.3. The topological polar surface area (TPSA) is 90.4 Å². The molecular weight excluding hydrogens is 446 g/mol. The van der Waals surface area contributed by atoms with Crippen molar-refractivity contribution >= 4 is 50.9 Å². The Hall–Kier alpha value is -3.43. The molecule has 0 bridgehead atoms. The van der Waals surface area contributed by atoms with E-state index < -0.39 is 5.97 Å². The molecule has 9 heteroatoms. The number of thiazole rings is 1. The van der Waals surface area contributed by atoms with Crippen LogP contribution in [0.25, 0.3) is 10.2 Å². The second-order valence-corrected chi connectivity index (χ2v) is 8.97. The number of thioether (sulfide) groups is 1. The van der Waals surface area contributed by atoms with Crippen LogP contribution in [0.4, 0.5) is 5.69 Å². The van der Waals surface area contributed by atoms with Gasteiger partial charge in [-0.2, -0.15) is 0 Å². The zero-order valence-corrected chi connectivity index (χ0v) is 18.7. The number of ether oxygens (including phenoxy) is 2. The summed E-state index contributed by atoms with van der Waals surface area (Å²) in [5, 5.41) is 2.84. The summed E-state index contributed by atoms with van der Waals surface area (Å²) in [5.74, 6) is 1.06. The first-order chi connectivity index (χ1) is 15.5. The summed E-state index contributed by atoms with van der Waals surface area (Å²) in [6.07, 6.45) is 3.61. The Morgan fingerprint density at radius 1 is 1.09 bits per heavy atom. The van der Waals surface area contributed by atoms with Gasteiger partial charge in [0.25, 0.3) is 5.91 Å². The number of rotatable bonds is 8. The predicted molar refractivity (Wildman–Crippen MR) is 125 cm³/mol. The molecule has 4 aromatic rings. The third-order valence-electron chi connectivity index (χ3n) is 4.19. The number of amides is 1. The lowest BCUT2D eigenvalue weighted by Gasteiger charge is -2.08. The average molecular weight is 466 g/mol. The zero-order valence-electron chi connectivity index (χ0n) is 17.1. The third kappa shape index (κ3) is 6.05. The molecule has 1 amide bonds. The van der Waals surface area contributed by atoms with E-state index in [4.69, 9.17) is 9.47 Å². The number of nitrogens with one attached hydrogen (secondary N) is 1. The predicted octanol–water partition coefficient (Wildman–Crippen LogP) is 4.93. The number of carbonyl (C=O) groups excluding carboxylic acids is 2. The minimum atomic E-state index is -0.393. The highest BCUT2D eigenvalue weighted by Crippen LogP contribution is 2.32. The van der Waals surface area contributed by atoms with Gasteiger partial charge in [0.15, 0.2) is 10.9 Å². The lowest BCUT2D eigenvalue weighted by atomic mass is 10.3. The molecule has 0 radical (unpaired) electrons. The number of hydrogen-bond donors (Lipinski definition) is 1. The Labute approximate surface area is 192 Å². The van der Waals surface area contributed by atoms with Crippen LogP contribution in [0.2, 0.25) is 0 Å². The SMILES string of the molecule is CC(=O)Oc1ccc(OCC(=O)Nc2ccc3nc(SCc4cccnc4)sc3c2)cc1. The Morgan fingerprint density at radius 2 is 1.91 bits per heavy atom. The molecule has 1 N–H and O–H groups in total. The van der Waals surface area contributed by atoms with Gasteiger partial charge in [-0.05, 0) is 54.1 Å². The van der Waals surface area contributed by atoms with E-state index in [1.807, 2.05) is 36.5 Å². The van der Waals surface area contributed by atoms with E-state index in [0.717, 1.165) is 25.9 Å². The fourth-order valence-corrected chi connectivity index (χ4v) is 4.83. The molecule has 32 heavy (non-hydrogen) atoms. The van der Waals surface area contributed by atoms with Crippen molar-refractivity contribution in [3.8, 4) is 11.5 Å². The van der Waals surface area contributed by atoms with E-state index in [1.54, 1.807) is 53.6 Å². The largest absolute Gasteiger partial charge is 0.484 e.